The van der Waals surface area contributed by atoms with Crippen molar-refractivity contribution in [3.8, 4) is 0 Å². The van der Waals surface area contributed by atoms with Gasteiger partial charge in [-0.1, -0.05) is 6.92 Å². The van der Waals surface area contributed by atoms with Gasteiger partial charge in [0.25, 0.3) is 0 Å². The minimum atomic E-state index is -0.443. The molecule has 0 aromatic heterocycles. The molecule has 13 heavy (non-hydrogen) atoms. The van der Waals surface area contributed by atoms with Crippen LogP contribution in [0, 0.1) is 0 Å². The fraction of sp³-hybridized carbons (Fsp3) is 1.00. The highest BCUT2D eigenvalue weighted by Gasteiger charge is 2.52. The van der Waals surface area contributed by atoms with Crippen molar-refractivity contribution in [1.82, 2.24) is 0 Å². The van der Waals surface area contributed by atoms with Gasteiger partial charge in [0, 0.05) is 5.25 Å². The Morgan fingerprint density at radius 2 is 1.92 bits per heavy atom. The van der Waals surface area contributed by atoms with E-state index in [0.717, 1.165) is 6.42 Å². The number of hydrogen-bond acceptors (Lipinski definition) is 4. The zero-order valence-corrected chi connectivity index (χ0v) is 9.14. The Morgan fingerprint density at radius 3 is 2.54 bits per heavy atom. The van der Waals surface area contributed by atoms with Crippen LogP contribution in [0.3, 0.4) is 0 Å². The Morgan fingerprint density at radius 1 is 1.31 bits per heavy atom. The third-order valence-electron chi connectivity index (χ3n) is 2.59. The van der Waals surface area contributed by atoms with Gasteiger partial charge in [-0.15, -0.1) is 11.8 Å². The molecule has 3 nitrogen and oxygen atoms in total. The lowest BCUT2D eigenvalue weighted by atomic mass is 10.1. The van der Waals surface area contributed by atoms with E-state index in [-0.39, 0.29) is 17.6 Å². The monoisotopic (exact) mass is 203 g/mol. The molecule has 0 radical (unpaired) electrons. The summed E-state index contributed by atoms with van der Waals surface area (Å²) >= 11 is 1.79. The van der Waals surface area contributed by atoms with Crippen LogP contribution < -0.4 is 5.73 Å². The summed E-state index contributed by atoms with van der Waals surface area (Å²) in [6.07, 6.45) is 1.38. The molecule has 0 aromatic carbocycles. The Balaban J connectivity index is 2.12. The first kappa shape index (κ1) is 9.77. The van der Waals surface area contributed by atoms with Crippen LogP contribution in [-0.2, 0) is 9.47 Å². The number of ether oxygens (including phenoxy) is 2. The van der Waals surface area contributed by atoms with Gasteiger partial charge in [-0.25, -0.2) is 0 Å². The predicted octanol–water partition coefficient (Wildman–Crippen LogP) is 1.32. The molecule has 0 aliphatic carbocycles. The summed E-state index contributed by atoms with van der Waals surface area (Å²) in [5.74, 6) is -0.443. The third kappa shape index (κ3) is 1.61. The molecule has 2 aliphatic heterocycles. The van der Waals surface area contributed by atoms with Crippen LogP contribution in [0.1, 0.15) is 27.2 Å². The molecule has 1 unspecified atom stereocenters. The molecule has 2 fully saturated rings. The highest BCUT2D eigenvalue weighted by molar-refractivity contribution is 8.00. The van der Waals surface area contributed by atoms with Crippen LogP contribution in [0.5, 0.6) is 0 Å². The normalized spacial score (nSPS) is 48.0. The summed E-state index contributed by atoms with van der Waals surface area (Å²) in [5, 5.41) is 0.582. The molecule has 2 saturated heterocycles. The minimum absolute atomic E-state index is 0.0803. The van der Waals surface area contributed by atoms with Gasteiger partial charge >= 0.3 is 0 Å². The van der Waals surface area contributed by atoms with E-state index in [4.69, 9.17) is 15.2 Å². The van der Waals surface area contributed by atoms with Gasteiger partial charge in [-0.2, -0.15) is 0 Å². The first-order valence-corrected chi connectivity index (χ1v) is 5.74. The van der Waals surface area contributed by atoms with Crippen molar-refractivity contribution in [3.63, 3.8) is 0 Å². The Kier molecular flexibility index (Phi) is 2.35. The molecular weight excluding hydrogens is 186 g/mol. The van der Waals surface area contributed by atoms with Crippen LogP contribution in [0.4, 0.5) is 0 Å². The van der Waals surface area contributed by atoms with Gasteiger partial charge in [0.2, 0.25) is 0 Å². The quantitative estimate of drug-likeness (QED) is 0.698. The highest BCUT2D eigenvalue weighted by Crippen LogP contribution is 2.44. The fourth-order valence-electron chi connectivity index (χ4n) is 2.04. The number of thioether (sulfide) groups is 1. The molecule has 2 N–H and O–H groups in total. The van der Waals surface area contributed by atoms with Crippen molar-refractivity contribution < 1.29 is 9.47 Å². The Labute approximate surface area is 83.3 Å². The topological polar surface area (TPSA) is 44.5 Å². The molecule has 76 valence electrons. The van der Waals surface area contributed by atoms with Gasteiger partial charge in [-0.3, -0.25) is 0 Å². The average Bonchev–Trinajstić information content (AvgIpc) is 2.47. The summed E-state index contributed by atoms with van der Waals surface area (Å²) in [6, 6.07) is 0. The van der Waals surface area contributed by atoms with E-state index in [1.165, 1.54) is 0 Å². The first-order chi connectivity index (χ1) is 6.03. The Bertz CT molecular complexity index is 210. The maximum Gasteiger partial charge on any atom is 0.163 e. The molecule has 2 heterocycles. The molecule has 4 heteroatoms. The SMILES string of the molecule is CC[C@H]1SC(N)[C@@H]2OC(C)(C)O[C@H]12. The molecule has 0 spiro atoms. The van der Waals surface area contributed by atoms with Crippen molar-refractivity contribution >= 4 is 11.8 Å². The Hall–Kier alpha value is 0.230. The maximum atomic E-state index is 5.96. The summed E-state index contributed by atoms with van der Waals surface area (Å²) in [7, 11) is 0. The second-order valence-corrected chi connectivity index (χ2v) is 5.53. The van der Waals surface area contributed by atoms with Crippen molar-refractivity contribution in [2.45, 2.75) is 55.8 Å². The van der Waals surface area contributed by atoms with E-state index >= 15 is 0 Å². The number of hydrogen-bond donors (Lipinski definition) is 1. The van der Waals surface area contributed by atoms with Crippen LogP contribution in [0.2, 0.25) is 0 Å². The molecule has 0 aromatic rings. The van der Waals surface area contributed by atoms with Gasteiger partial charge in [-0.05, 0) is 20.3 Å². The largest absolute Gasteiger partial charge is 0.343 e. The molecule has 0 bridgehead atoms. The van der Waals surface area contributed by atoms with Gasteiger partial charge in [0.15, 0.2) is 5.79 Å². The van der Waals surface area contributed by atoms with Crippen molar-refractivity contribution in [2.75, 3.05) is 0 Å². The highest BCUT2D eigenvalue weighted by atomic mass is 32.2. The number of rotatable bonds is 1. The molecule has 4 atom stereocenters. The van der Waals surface area contributed by atoms with E-state index in [9.17, 15) is 0 Å². The van der Waals surface area contributed by atoms with Gasteiger partial charge < -0.3 is 15.2 Å². The van der Waals surface area contributed by atoms with Crippen LogP contribution in [0.15, 0.2) is 0 Å². The zero-order valence-electron chi connectivity index (χ0n) is 8.32. The lowest BCUT2D eigenvalue weighted by Crippen LogP contribution is -2.34. The smallest absolute Gasteiger partial charge is 0.163 e. The van der Waals surface area contributed by atoms with Crippen LogP contribution in [-0.4, -0.2) is 28.6 Å². The molecule has 2 rings (SSSR count). The van der Waals surface area contributed by atoms with E-state index < -0.39 is 5.79 Å². The fourth-order valence-corrected chi connectivity index (χ4v) is 3.37. The second kappa shape index (κ2) is 3.12. The summed E-state index contributed by atoms with van der Waals surface area (Å²) < 4.78 is 11.6. The first-order valence-electron chi connectivity index (χ1n) is 4.80. The number of fused-ring (bicyclic) bond motifs is 1. The molecule has 2 aliphatic rings. The van der Waals surface area contributed by atoms with E-state index in [0.29, 0.717) is 5.25 Å². The van der Waals surface area contributed by atoms with E-state index in [1.54, 1.807) is 11.8 Å². The summed E-state index contributed by atoms with van der Waals surface area (Å²) in [6.45, 7) is 6.08. The van der Waals surface area contributed by atoms with Crippen LogP contribution >= 0.6 is 11.8 Å². The van der Waals surface area contributed by atoms with Crippen molar-refractivity contribution in [3.05, 3.63) is 0 Å². The molecular formula is C9H17NO2S. The third-order valence-corrected chi connectivity index (χ3v) is 4.12. The maximum absolute atomic E-state index is 5.96. The zero-order chi connectivity index (χ0) is 9.64. The standard InChI is InChI=1S/C9H17NO2S/c1-4-5-6-7(8(10)13-5)12-9(2,3)11-6/h5-8H,4,10H2,1-3H3/t5-,6-,7-,8?/m1/s1. The van der Waals surface area contributed by atoms with Gasteiger partial charge in [0.1, 0.15) is 12.2 Å². The van der Waals surface area contributed by atoms with Gasteiger partial charge in [0.05, 0.1) is 5.37 Å². The number of nitrogens with two attached hydrogens (primary N) is 1. The summed E-state index contributed by atoms with van der Waals surface area (Å²) in [5.41, 5.74) is 5.96. The average molecular weight is 203 g/mol. The van der Waals surface area contributed by atoms with Crippen molar-refractivity contribution in [1.29, 1.82) is 0 Å². The van der Waals surface area contributed by atoms with E-state index in [2.05, 4.69) is 6.92 Å². The van der Waals surface area contributed by atoms with E-state index in [1.807, 2.05) is 13.8 Å². The lowest BCUT2D eigenvalue weighted by molar-refractivity contribution is -0.147. The van der Waals surface area contributed by atoms with Crippen molar-refractivity contribution in [2.24, 2.45) is 5.73 Å². The molecule has 0 amide bonds. The molecule has 0 saturated carbocycles. The summed E-state index contributed by atoms with van der Waals surface area (Å²) in [4.78, 5) is 0. The minimum Gasteiger partial charge on any atom is -0.343 e. The second-order valence-electron chi connectivity index (χ2n) is 4.11. The lowest BCUT2D eigenvalue weighted by Gasteiger charge is -2.21. The van der Waals surface area contributed by atoms with Crippen LogP contribution in [0.25, 0.3) is 0 Å². The predicted molar refractivity (Wildman–Crippen MR) is 53.5 cm³/mol.